The molecule has 120 valence electrons. The molecule has 5 nitrogen and oxygen atoms in total. The molecule has 1 aromatic rings. The van der Waals surface area contributed by atoms with Crippen molar-refractivity contribution in [2.75, 3.05) is 0 Å². The summed E-state index contributed by atoms with van der Waals surface area (Å²) in [6.07, 6.45) is 4.32. The van der Waals surface area contributed by atoms with Crippen molar-refractivity contribution in [2.24, 2.45) is 5.92 Å². The number of carbonyl (C=O) groups excluding carboxylic acids is 1. The monoisotopic (exact) mass is 295 g/mol. The maximum absolute atomic E-state index is 12.0. The highest BCUT2D eigenvalue weighted by Crippen LogP contribution is 2.22. The van der Waals surface area contributed by atoms with Gasteiger partial charge in [-0.2, -0.15) is 0 Å². The van der Waals surface area contributed by atoms with E-state index in [0.29, 0.717) is 5.92 Å². The molecule has 0 aliphatic heterocycles. The van der Waals surface area contributed by atoms with Gasteiger partial charge in [-0.05, 0) is 40.5 Å². The first kappa shape index (κ1) is 17.5. The van der Waals surface area contributed by atoms with Gasteiger partial charge in [-0.1, -0.05) is 20.3 Å². The molecule has 21 heavy (non-hydrogen) atoms. The Morgan fingerprint density at radius 1 is 1.38 bits per heavy atom. The summed E-state index contributed by atoms with van der Waals surface area (Å²) in [7, 11) is 0. The number of nitrogens with one attached hydrogen (secondary N) is 1. The van der Waals surface area contributed by atoms with Crippen LogP contribution in [0.1, 0.15) is 60.6 Å². The average Bonchev–Trinajstić information content (AvgIpc) is 2.74. The van der Waals surface area contributed by atoms with Crippen LogP contribution >= 0.6 is 0 Å². The fourth-order valence-electron chi connectivity index (χ4n) is 2.07. The average molecular weight is 295 g/mol. The molecule has 0 aliphatic rings. The summed E-state index contributed by atoms with van der Waals surface area (Å²) in [4.78, 5) is 16.2. The van der Waals surface area contributed by atoms with E-state index in [-0.39, 0.29) is 0 Å². The number of ether oxygens (including phenoxy) is 1. The van der Waals surface area contributed by atoms with Crippen LogP contribution in [0.4, 0.5) is 4.79 Å². The zero-order valence-electron chi connectivity index (χ0n) is 14.4. The smallest absolute Gasteiger partial charge is 0.408 e. The Morgan fingerprint density at radius 2 is 2.00 bits per heavy atom. The Kier molecular flexibility index (Phi) is 5.42. The fourth-order valence-corrected chi connectivity index (χ4v) is 2.07. The second kappa shape index (κ2) is 6.50. The summed E-state index contributed by atoms with van der Waals surface area (Å²) in [5.41, 5.74) is -0.0580. The molecular formula is C16H29N3O2. The molecule has 5 heteroatoms. The van der Waals surface area contributed by atoms with Crippen LogP contribution in [0.3, 0.4) is 0 Å². The van der Waals surface area contributed by atoms with E-state index in [1.54, 1.807) is 6.20 Å². The molecule has 0 radical (unpaired) electrons. The van der Waals surface area contributed by atoms with Gasteiger partial charge in [-0.3, -0.25) is 0 Å². The molecule has 1 rings (SSSR count). The first-order valence-corrected chi connectivity index (χ1v) is 7.57. The predicted molar refractivity (Wildman–Crippen MR) is 84.1 cm³/mol. The van der Waals surface area contributed by atoms with Crippen LogP contribution < -0.4 is 5.32 Å². The minimum Gasteiger partial charge on any atom is -0.444 e. The molecule has 1 unspecified atom stereocenters. The van der Waals surface area contributed by atoms with Gasteiger partial charge in [-0.15, -0.1) is 0 Å². The summed E-state index contributed by atoms with van der Waals surface area (Å²) < 4.78 is 7.44. The number of alkyl carbamates (subject to hydrolysis) is 1. The van der Waals surface area contributed by atoms with Crippen molar-refractivity contribution in [1.82, 2.24) is 14.9 Å². The Hall–Kier alpha value is -1.52. The highest BCUT2D eigenvalue weighted by Gasteiger charge is 2.29. The number of nitrogens with zero attached hydrogens (tertiary/aromatic N) is 2. The molecule has 0 spiro atoms. The minimum atomic E-state index is -0.535. The predicted octanol–water partition coefficient (Wildman–Crippen LogP) is 3.69. The Bertz CT molecular complexity index is 472. The Labute approximate surface area is 128 Å². The van der Waals surface area contributed by atoms with Crippen molar-refractivity contribution in [3.63, 3.8) is 0 Å². The number of hydrogen-bond donors (Lipinski definition) is 1. The summed E-state index contributed by atoms with van der Waals surface area (Å²) in [5, 5.41) is 2.92. The summed E-state index contributed by atoms with van der Waals surface area (Å²) in [6.45, 7) is 14.8. The zero-order chi connectivity index (χ0) is 16.3. The molecule has 0 saturated carbocycles. The van der Waals surface area contributed by atoms with E-state index in [1.165, 1.54) is 0 Å². The molecular weight excluding hydrogens is 266 g/mol. The number of amides is 1. The van der Waals surface area contributed by atoms with Gasteiger partial charge < -0.3 is 14.6 Å². The third-order valence-electron chi connectivity index (χ3n) is 3.37. The van der Waals surface area contributed by atoms with E-state index in [1.807, 2.05) is 40.9 Å². The molecule has 0 aromatic carbocycles. The van der Waals surface area contributed by atoms with Gasteiger partial charge in [0, 0.05) is 6.54 Å². The minimum absolute atomic E-state index is 0.413. The van der Waals surface area contributed by atoms with Gasteiger partial charge >= 0.3 is 6.09 Å². The lowest BCUT2D eigenvalue weighted by atomic mass is 10.0. The molecule has 0 bridgehead atoms. The third kappa shape index (κ3) is 5.40. The molecule has 1 N–H and O–H groups in total. The summed E-state index contributed by atoms with van der Waals surface area (Å²) in [5.74, 6) is 0.565. The van der Waals surface area contributed by atoms with E-state index >= 15 is 0 Å². The molecule has 0 fully saturated rings. The van der Waals surface area contributed by atoms with Crippen molar-refractivity contribution in [2.45, 2.75) is 72.6 Å². The van der Waals surface area contributed by atoms with E-state index in [9.17, 15) is 4.79 Å². The van der Waals surface area contributed by atoms with Crippen LogP contribution in [0, 0.1) is 5.92 Å². The van der Waals surface area contributed by atoms with E-state index < -0.39 is 17.2 Å². The van der Waals surface area contributed by atoms with Gasteiger partial charge in [0.05, 0.1) is 23.8 Å². The molecule has 1 heterocycles. The quantitative estimate of drug-likeness (QED) is 0.901. The van der Waals surface area contributed by atoms with Crippen molar-refractivity contribution in [1.29, 1.82) is 0 Å². The molecule has 0 saturated heterocycles. The summed E-state index contributed by atoms with van der Waals surface area (Å²) >= 11 is 0. The van der Waals surface area contributed by atoms with Crippen LogP contribution in [0.25, 0.3) is 0 Å². The van der Waals surface area contributed by atoms with Crippen LogP contribution in [-0.2, 0) is 16.8 Å². The molecule has 1 atom stereocenters. The molecule has 1 aromatic heterocycles. The first-order chi connectivity index (χ1) is 9.55. The summed E-state index contributed by atoms with van der Waals surface area (Å²) in [6, 6.07) is 0. The van der Waals surface area contributed by atoms with Gasteiger partial charge in [0.25, 0.3) is 0 Å². The van der Waals surface area contributed by atoms with Gasteiger partial charge in [0.1, 0.15) is 5.60 Å². The normalized spacial score (nSPS) is 13.9. The van der Waals surface area contributed by atoms with Crippen molar-refractivity contribution in [3.05, 3.63) is 18.2 Å². The lowest BCUT2D eigenvalue weighted by Crippen LogP contribution is -2.45. The highest BCUT2D eigenvalue weighted by atomic mass is 16.6. The maximum atomic E-state index is 12.0. The fraction of sp³-hybridized carbons (Fsp3) is 0.750. The van der Waals surface area contributed by atoms with Gasteiger partial charge in [-0.25, -0.2) is 9.78 Å². The number of rotatable bonds is 5. The largest absolute Gasteiger partial charge is 0.444 e. The lowest BCUT2D eigenvalue weighted by Gasteiger charge is -2.29. The number of carbonyl (C=O) groups is 1. The number of imidazole rings is 1. The molecule has 1 amide bonds. The van der Waals surface area contributed by atoms with Gasteiger partial charge in [0.15, 0.2) is 0 Å². The lowest BCUT2D eigenvalue weighted by molar-refractivity contribution is 0.0466. The second-order valence-electron chi connectivity index (χ2n) is 7.20. The van der Waals surface area contributed by atoms with Crippen LogP contribution in [0.15, 0.2) is 12.5 Å². The van der Waals surface area contributed by atoms with E-state index in [2.05, 4.69) is 28.7 Å². The number of hydrogen-bond acceptors (Lipinski definition) is 3. The third-order valence-corrected chi connectivity index (χ3v) is 3.37. The van der Waals surface area contributed by atoms with Crippen LogP contribution in [0.5, 0.6) is 0 Å². The van der Waals surface area contributed by atoms with E-state index in [4.69, 9.17) is 4.74 Å². The first-order valence-electron chi connectivity index (χ1n) is 7.57. The number of aromatic nitrogens is 2. The molecule has 0 aliphatic carbocycles. The SMILES string of the molecule is CCC(C)Cn1cncc1C(C)(C)NC(=O)OC(C)(C)C. The van der Waals surface area contributed by atoms with Crippen LogP contribution in [-0.4, -0.2) is 21.2 Å². The zero-order valence-corrected chi connectivity index (χ0v) is 14.4. The van der Waals surface area contributed by atoms with Crippen molar-refractivity contribution in [3.8, 4) is 0 Å². The van der Waals surface area contributed by atoms with Crippen LogP contribution in [0.2, 0.25) is 0 Å². The van der Waals surface area contributed by atoms with Crippen molar-refractivity contribution < 1.29 is 9.53 Å². The van der Waals surface area contributed by atoms with Gasteiger partial charge in [0.2, 0.25) is 0 Å². The Morgan fingerprint density at radius 3 is 2.52 bits per heavy atom. The van der Waals surface area contributed by atoms with E-state index in [0.717, 1.165) is 18.7 Å². The standard InChI is InChI=1S/C16H29N3O2/c1-8-12(2)10-19-11-17-9-13(19)16(6,7)18-14(20)21-15(3,4)5/h9,11-12H,8,10H2,1-7H3,(H,18,20). The van der Waals surface area contributed by atoms with Crippen molar-refractivity contribution >= 4 is 6.09 Å². The second-order valence-corrected chi connectivity index (χ2v) is 7.20. The highest BCUT2D eigenvalue weighted by molar-refractivity contribution is 5.68. The topological polar surface area (TPSA) is 56.2 Å². The maximum Gasteiger partial charge on any atom is 0.408 e. The Balaban J connectivity index is 2.83.